The van der Waals surface area contributed by atoms with E-state index < -0.39 is 6.09 Å². The number of carbonyl (C=O) groups is 1. The number of carboxylic acid groups (broad SMARTS) is 1. The van der Waals surface area contributed by atoms with E-state index in [0.717, 1.165) is 55.4 Å². The van der Waals surface area contributed by atoms with Crippen LogP contribution in [0.3, 0.4) is 0 Å². The van der Waals surface area contributed by atoms with Gasteiger partial charge in [-0.2, -0.15) is 4.98 Å². The molecule has 1 fully saturated rings. The molecule has 4 N–H and O–H groups in total. The molecule has 0 unspecified atom stereocenters. The fraction of sp³-hybridized carbons (Fsp3) is 0.667. The van der Waals surface area contributed by atoms with Gasteiger partial charge in [-0.25, -0.2) is 9.78 Å². The van der Waals surface area contributed by atoms with Crippen molar-refractivity contribution in [1.82, 2.24) is 15.3 Å². The molecular weight excluding hydrogens is 362 g/mol. The topological polar surface area (TPSA) is 99.2 Å². The molecule has 0 saturated heterocycles. The third kappa shape index (κ3) is 5.85. The molecule has 0 aromatic carbocycles. The summed E-state index contributed by atoms with van der Waals surface area (Å²) < 4.78 is 0.837. The zero-order valence-electron chi connectivity index (χ0n) is 13.3. The summed E-state index contributed by atoms with van der Waals surface area (Å²) in [6, 6.07) is 0.363. The van der Waals surface area contributed by atoms with Crippen molar-refractivity contribution in [3.8, 4) is 0 Å². The molecule has 0 radical (unpaired) electrons. The van der Waals surface area contributed by atoms with Crippen LogP contribution >= 0.6 is 15.9 Å². The van der Waals surface area contributed by atoms with E-state index in [9.17, 15) is 4.79 Å². The van der Waals surface area contributed by atoms with Gasteiger partial charge in [0.05, 0.1) is 4.47 Å². The van der Waals surface area contributed by atoms with Crippen molar-refractivity contribution in [2.24, 2.45) is 0 Å². The standard InChI is InChI=1S/C15H24BrN5O2/c1-2-3-8-17-14-18-9-12(16)13(21-14)19-10-4-6-11(7-5-10)20-15(22)23/h9-11,20H,2-8H2,1H3,(H,22,23)(H2,17,18,19,21). The molecule has 1 aromatic heterocycles. The van der Waals surface area contributed by atoms with Crippen molar-refractivity contribution in [2.75, 3.05) is 17.2 Å². The molecule has 23 heavy (non-hydrogen) atoms. The van der Waals surface area contributed by atoms with E-state index in [1.807, 2.05) is 0 Å². The Bertz CT molecular complexity index is 521. The lowest BCUT2D eigenvalue weighted by Crippen LogP contribution is -2.39. The highest BCUT2D eigenvalue weighted by atomic mass is 79.9. The maximum atomic E-state index is 10.7. The number of halogens is 1. The molecule has 1 heterocycles. The minimum Gasteiger partial charge on any atom is -0.465 e. The van der Waals surface area contributed by atoms with Gasteiger partial charge in [-0.3, -0.25) is 0 Å². The Morgan fingerprint density at radius 2 is 2.04 bits per heavy atom. The summed E-state index contributed by atoms with van der Waals surface area (Å²) in [7, 11) is 0. The Morgan fingerprint density at radius 1 is 1.35 bits per heavy atom. The molecule has 0 spiro atoms. The fourth-order valence-corrected chi connectivity index (χ4v) is 2.99. The lowest BCUT2D eigenvalue weighted by Gasteiger charge is -2.29. The lowest BCUT2D eigenvalue weighted by molar-refractivity contribution is 0.185. The predicted octanol–water partition coefficient (Wildman–Crippen LogP) is 3.44. The van der Waals surface area contributed by atoms with Gasteiger partial charge in [-0.05, 0) is 48.0 Å². The molecule has 0 atom stereocenters. The molecule has 2 rings (SSSR count). The van der Waals surface area contributed by atoms with Crippen LogP contribution in [0.25, 0.3) is 0 Å². The first-order chi connectivity index (χ1) is 11.1. The van der Waals surface area contributed by atoms with Crippen LogP contribution in [-0.4, -0.2) is 39.8 Å². The van der Waals surface area contributed by atoms with E-state index >= 15 is 0 Å². The third-order valence-corrected chi connectivity index (χ3v) is 4.53. The molecule has 1 aliphatic rings. The van der Waals surface area contributed by atoms with E-state index in [-0.39, 0.29) is 6.04 Å². The van der Waals surface area contributed by atoms with E-state index in [0.29, 0.717) is 12.0 Å². The number of nitrogens with one attached hydrogen (secondary N) is 3. The van der Waals surface area contributed by atoms with Crippen LogP contribution in [0, 0.1) is 0 Å². The number of hydrogen-bond donors (Lipinski definition) is 4. The summed E-state index contributed by atoms with van der Waals surface area (Å²) in [6.07, 6.45) is 6.54. The van der Waals surface area contributed by atoms with Gasteiger partial charge in [-0.15, -0.1) is 0 Å². The summed E-state index contributed by atoms with van der Waals surface area (Å²) >= 11 is 3.48. The Labute approximate surface area is 144 Å². The van der Waals surface area contributed by atoms with Crippen LogP contribution in [0.2, 0.25) is 0 Å². The van der Waals surface area contributed by atoms with Crippen molar-refractivity contribution < 1.29 is 9.90 Å². The molecule has 8 heteroatoms. The largest absolute Gasteiger partial charge is 0.465 e. The zero-order chi connectivity index (χ0) is 16.7. The number of hydrogen-bond acceptors (Lipinski definition) is 5. The first-order valence-electron chi connectivity index (χ1n) is 8.11. The van der Waals surface area contributed by atoms with E-state index in [2.05, 4.69) is 48.8 Å². The molecule has 1 saturated carbocycles. The fourth-order valence-electron chi connectivity index (χ4n) is 2.68. The summed E-state index contributed by atoms with van der Waals surface area (Å²) in [6.45, 7) is 3.01. The van der Waals surface area contributed by atoms with Crippen LogP contribution in [0.15, 0.2) is 10.7 Å². The Morgan fingerprint density at radius 3 is 2.70 bits per heavy atom. The van der Waals surface area contributed by atoms with E-state index in [1.165, 1.54) is 0 Å². The molecule has 1 amide bonds. The first kappa shape index (κ1) is 17.8. The monoisotopic (exact) mass is 385 g/mol. The van der Waals surface area contributed by atoms with Gasteiger partial charge in [0.2, 0.25) is 5.95 Å². The highest BCUT2D eigenvalue weighted by molar-refractivity contribution is 9.10. The minimum absolute atomic E-state index is 0.0608. The average Bonchev–Trinajstić information content (AvgIpc) is 2.52. The van der Waals surface area contributed by atoms with E-state index in [1.54, 1.807) is 6.20 Å². The molecule has 7 nitrogen and oxygen atoms in total. The molecular formula is C15H24BrN5O2. The van der Waals surface area contributed by atoms with Crippen LogP contribution in [-0.2, 0) is 0 Å². The number of anilines is 2. The molecule has 1 aliphatic carbocycles. The van der Waals surface area contributed by atoms with Crippen molar-refractivity contribution in [2.45, 2.75) is 57.5 Å². The number of aromatic nitrogens is 2. The SMILES string of the molecule is CCCCNc1ncc(Br)c(NC2CCC(NC(=O)O)CC2)n1. The van der Waals surface area contributed by atoms with Gasteiger partial charge >= 0.3 is 6.09 Å². The second-order valence-corrected chi connectivity index (χ2v) is 6.67. The first-order valence-corrected chi connectivity index (χ1v) is 8.90. The second-order valence-electron chi connectivity index (χ2n) is 5.81. The molecule has 0 bridgehead atoms. The highest BCUT2D eigenvalue weighted by Crippen LogP contribution is 2.26. The second kappa shape index (κ2) is 8.90. The minimum atomic E-state index is -0.942. The van der Waals surface area contributed by atoms with Crippen molar-refractivity contribution >= 4 is 33.8 Å². The van der Waals surface area contributed by atoms with Crippen molar-refractivity contribution in [3.05, 3.63) is 10.7 Å². The molecule has 1 aromatic rings. The summed E-state index contributed by atoms with van der Waals surface area (Å²) in [5, 5.41) is 18.0. The Hall–Kier alpha value is -1.57. The van der Waals surface area contributed by atoms with Crippen molar-refractivity contribution in [1.29, 1.82) is 0 Å². The average molecular weight is 386 g/mol. The lowest BCUT2D eigenvalue weighted by atomic mass is 9.91. The van der Waals surface area contributed by atoms with Crippen LogP contribution in [0.1, 0.15) is 45.4 Å². The number of unbranched alkanes of at least 4 members (excludes halogenated alkanes) is 1. The summed E-state index contributed by atoms with van der Waals surface area (Å²) in [4.78, 5) is 19.5. The summed E-state index contributed by atoms with van der Waals surface area (Å²) in [5.41, 5.74) is 0. The molecule has 128 valence electrons. The quantitative estimate of drug-likeness (QED) is 0.536. The van der Waals surface area contributed by atoms with Gasteiger partial charge in [0.1, 0.15) is 5.82 Å². The Balaban J connectivity index is 1.87. The normalized spacial score (nSPS) is 20.8. The third-order valence-electron chi connectivity index (χ3n) is 3.95. The van der Waals surface area contributed by atoms with Gasteiger partial charge < -0.3 is 21.1 Å². The highest BCUT2D eigenvalue weighted by Gasteiger charge is 2.23. The smallest absolute Gasteiger partial charge is 0.404 e. The zero-order valence-corrected chi connectivity index (χ0v) is 14.9. The van der Waals surface area contributed by atoms with Crippen LogP contribution < -0.4 is 16.0 Å². The molecule has 0 aliphatic heterocycles. The Kier molecular flexibility index (Phi) is 6.88. The number of rotatable bonds is 7. The van der Waals surface area contributed by atoms with Gasteiger partial charge in [-0.1, -0.05) is 13.3 Å². The van der Waals surface area contributed by atoms with Crippen LogP contribution in [0.5, 0.6) is 0 Å². The predicted molar refractivity (Wildman–Crippen MR) is 94.0 cm³/mol. The van der Waals surface area contributed by atoms with Gasteiger partial charge in [0.25, 0.3) is 0 Å². The number of nitrogens with zero attached hydrogens (tertiary/aromatic N) is 2. The maximum absolute atomic E-state index is 10.7. The van der Waals surface area contributed by atoms with Crippen LogP contribution in [0.4, 0.5) is 16.6 Å². The number of amides is 1. The van der Waals surface area contributed by atoms with Gasteiger partial charge in [0, 0.05) is 24.8 Å². The van der Waals surface area contributed by atoms with Gasteiger partial charge in [0.15, 0.2) is 0 Å². The van der Waals surface area contributed by atoms with E-state index in [4.69, 9.17) is 5.11 Å². The summed E-state index contributed by atoms with van der Waals surface area (Å²) in [5.74, 6) is 1.42. The maximum Gasteiger partial charge on any atom is 0.404 e. The van der Waals surface area contributed by atoms with Crippen molar-refractivity contribution in [3.63, 3.8) is 0 Å².